The number of piperidine rings is 3. The number of anilines is 6. The topological polar surface area (TPSA) is 6.48 Å². The minimum Gasteiger partial charge on any atom is -0.314 e. The second-order valence-corrected chi connectivity index (χ2v) is 13.2. The van der Waals surface area contributed by atoms with E-state index >= 15 is 0 Å². The predicted octanol–water partition coefficient (Wildman–Crippen LogP) is 11.3. The van der Waals surface area contributed by atoms with Gasteiger partial charge >= 0.3 is 0 Å². The monoisotopic (exact) mass is 612 g/mol. The summed E-state index contributed by atoms with van der Waals surface area (Å²) in [6.07, 6.45) is 4.04. The molecule has 0 amide bonds. The van der Waals surface area contributed by atoms with Crippen molar-refractivity contribution in [2.75, 3.05) is 29.4 Å². The smallest absolute Gasteiger partial charge is 0.140 e. The fourth-order valence-corrected chi connectivity index (χ4v) is 8.11. The number of nitrogens with zero attached hydrogens (tertiary/aromatic N) is 3. The molecule has 3 fully saturated rings. The van der Waals surface area contributed by atoms with E-state index in [2.05, 4.69) is 180 Å². The summed E-state index contributed by atoms with van der Waals surface area (Å²) < 4.78 is 1.16. The number of hydrogen-bond acceptors (Lipinski definition) is 2. The van der Waals surface area contributed by atoms with Crippen molar-refractivity contribution in [3.05, 3.63) is 181 Å². The molecular weight excluding hydrogens is 571 g/mol. The average molecular weight is 613 g/mol. The van der Waals surface area contributed by atoms with Crippen molar-refractivity contribution in [2.24, 2.45) is 5.92 Å². The van der Waals surface area contributed by atoms with E-state index in [-0.39, 0.29) is 0 Å². The third kappa shape index (κ3) is 5.84. The van der Waals surface area contributed by atoms with Crippen LogP contribution in [0.25, 0.3) is 0 Å². The van der Waals surface area contributed by atoms with Gasteiger partial charge in [-0.05, 0) is 98.0 Å². The Labute approximate surface area is 279 Å². The lowest BCUT2D eigenvalue weighted by Gasteiger charge is -2.53. The van der Waals surface area contributed by atoms with Crippen molar-refractivity contribution in [1.82, 2.24) is 0 Å². The largest absolute Gasteiger partial charge is 0.314 e. The maximum Gasteiger partial charge on any atom is 0.140 e. The van der Waals surface area contributed by atoms with Gasteiger partial charge in [0, 0.05) is 45.3 Å². The van der Waals surface area contributed by atoms with E-state index in [9.17, 15) is 0 Å². The first-order valence-corrected chi connectivity index (χ1v) is 17.1. The number of fused-ring (bicyclic) bond motifs is 3. The number of quaternary nitrogens is 1. The minimum atomic E-state index is 0.308. The van der Waals surface area contributed by atoms with E-state index in [1.807, 2.05) is 0 Å². The molecule has 3 aliphatic rings. The lowest BCUT2D eigenvalue weighted by molar-refractivity contribution is -0.965. The molecule has 0 aromatic heterocycles. The van der Waals surface area contributed by atoms with Crippen molar-refractivity contribution in [3.63, 3.8) is 0 Å². The van der Waals surface area contributed by atoms with Crippen molar-refractivity contribution in [2.45, 2.75) is 25.3 Å². The van der Waals surface area contributed by atoms with E-state index < -0.39 is 0 Å². The van der Waals surface area contributed by atoms with E-state index in [0.717, 1.165) is 10.4 Å². The summed E-state index contributed by atoms with van der Waals surface area (Å²) >= 11 is 0. The molecule has 6 aromatic rings. The van der Waals surface area contributed by atoms with Crippen LogP contribution in [0.4, 0.5) is 34.1 Å². The second-order valence-electron chi connectivity index (χ2n) is 13.2. The number of hydrogen-bond donors (Lipinski definition) is 0. The van der Waals surface area contributed by atoms with Crippen LogP contribution in [0.5, 0.6) is 0 Å². The molecule has 0 N–H and O–H groups in total. The van der Waals surface area contributed by atoms with Gasteiger partial charge < -0.3 is 14.3 Å². The zero-order valence-electron chi connectivity index (χ0n) is 26.9. The normalized spacial score (nSPS) is 18.6. The Morgan fingerprint density at radius 3 is 0.936 bits per heavy atom. The number of rotatable bonds is 9. The molecule has 3 heteroatoms. The van der Waals surface area contributed by atoms with Crippen LogP contribution in [0.1, 0.15) is 36.4 Å². The Bertz CT molecular complexity index is 1640. The van der Waals surface area contributed by atoms with Crippen LogP contribution in [0.2, 0.25) is 0 Å². The summed E-state index contributed by atoms with van der Waals surface area (Å²) in [5, 5.41) is 0. The van der Waals surface area contributed by atoms with Crippen LogP contribution in [-0.4, -0.2) is 24.1 Å². The predicted molar refractivity (Wildman–Crippen MR) is 196 cm³/mol. The summed E-state index contributed by atoms with van der Waals surface area (Å²) in [5.74, 6) is 0.913. The van der Waals surface area contributed by atoms with E-state index in [4.69, 9.17) is 0 Å². The first kappa shape index (κ1) is 29.3. The summed E-state index contributed by atoms with van der Waals surface area (Å²) in [6, 6.07) is 62.0. The second kappa shape index (κ2) is 12.9. The van der Waals surface area contributed by atoms with Crippen molar-refractivity contribution >= 4 is 34.1 Å². The highest BCUT2D eigenvalue weighted by atomic mass is 15.4. The van der Waals surface area contributed by atoms with Crippen LogP contribution < -0.4 is 9.80 Å². The highest BCUT2D eigenvalue weighted by Gasteiger charge is 2.46. The molecule has 3 heterocycles. The molecule has 0 radical (unpaired) electrons. The highest BCUT2D eigenvalue weighted by Crippen LogP contribution is 2.46. The molecule has 9 rings (SSSR count). The van der Waals surface area contributed by atoms with Gasteiger partial charge in [0.2, 0.25) is 0 Å². The first-order chi connectivity index (χ1) is 23.3. The quantitative estimate of drug-likeness (QED) is 0.150. The van der Waals surface area contributed by atoms with Crippen LogP contribution in [0.15, 0.2) is 170 Å². The fourth-order valence-electron chi connectivity index (χ4n) is 8.11. The molecule has 2 bridgehead atoms. The lowest BCUT2D eigenvalue weighted by atomic mass is 9.81. The van der Waals surface area contributed by atoms with Crippen LogP contribution >= 0.6 is 0 Å². The summed E-state index contributed by atoms with van der Waals surface area (Å²) in [5.41, 5.74) is 9.84. The van der Waals surface area contributed by atoms with Gasteiger partial charge in [-0.15, -0.1) is 0 Å². The molecule has 3 nitrogen and oxygen atoms in total. The highest BCUT2D eigenvalue weighted by molar-refractivity contribution is 5.77. The third-order valence-electron chi connectivity index (χ3n) is 10.5. The van der Waals surface area contributed by atoms with Gasteiger partial charge in [0.15, 0.2) is 0 Å². The van der Waals surface area contributed by atoms with E-state index in [1.54, 1.807) is 0 Å². The molecule has 6 aromatic carbocycles. The van der Waals surface area contributed by atoms with E-state index in [0.29, 0.717) is 6.04 Å². The minimum absolute atomic E-state index is 0.308. The summed E-state index contributed by atoms with van der Waals surface area (Å²) in [4.78, 5) is 4.71. The Morgan fingerprint density at radius 1 is 0.362 bits per heavy atom. The number of para-hydroxylation sites is 4. The van der Waals surface area contributed by atoms with Crippen LogP contribution in [0.3, 0.4) is 0 Å². The summed E-state index contributed by atoms with van der Waals surface area (Å²) in [6.45, 7) is 3.79. The van der Waals surface area contributed by atoms with Crippen LogP contribution in [0, 0.1) is 5.92 Å². The van der Waals surface area contributed by atoms with Gasteiger partial charge in [-0.2, -0.15) is 0 Å². The Hall–Kier alpha value is -5.12. The maximum absolute atomic E-state index is 2.40. The molecule has 3 aliphatic heterocycles. The summed E-state index contributed by atoms with van der Waals surface area (Å²) in [7, 11) is 0. The van der Waals surface area contributed by atoms with Crippen molar-refractivity contribution < 1.29 is 4.48 Å². The van der Waals surface area contributed by atoms with Gasteiger partial charge in [0.05, 0.1) is 19.6 Å². The Morgan fingerprint density at radius 2 is 0.638 bits per heavy atom. The standard InChI is InChI=1S/C44H42N3/c1-5-13-38(14-6-1)45(39-15-7-2-8-16-39)42-25-21-36(22-26-42)44(47-32-29-35(30-33-47)31-34-47)37-23-27-43(28-24-37)46(40-17-9-3-10-18-40)41-19-11-4-12-20-41/h1-28,35,44H,29-34H2/q+1. The molecule has 0 saturated carbocycles. The van der Waals surface area contributed by atoms with Gasteiger partial charge in [-0.1, -0.05) is 97.1 Å². The molecule has 47 heavy (non-hydrogen) atoms. The first-order valence-electron chi connectivity index (χ1n) is 17.1. The maximum atomic E-state index is 2.40. The lowest BCUT2D eigenvalue weighted by Crippen LogP contribution is -2.60. The average Bonchev–Trinajstić information content (AvgIpc) is 3.16. The molecule has 0 spiro atoms. The van der Waals surface area contributed by atoms with Gasteiger partial charge in [-0.25, -0.2) is 0 Å². The molecular formula is C44H42N3+. The van der Waals surface area contributed by atoms with Crippen molar-refractivity contribution in [3.8, 4) is 0 Å². The van der Waals surface area contributed by atoms with Crippen LogP contribution in [-0.2, 0) is 0 Å². The van der Waals surface area contributed by atoms with Gasteiger partial charge in [0.25, 0.3) is 0 Å². The Kier molecular flexibility index (Phi) is 8.07. The molecule has 232 valence electrons. The van der Waals surface area contributed by atoms with Crippen molar-refractivity contribution in [1.29, 1.82) is 0 Å². The fraction of sp³-hybridized carbons (Fsp3) is 0.182. The third-order valence-corrected chi connectivity index (χ3v) is 10.5. The molecule has 0 atom stereocenters. The zero-order chi connectivity index (χ0) is 31.5. The van der Waals surface area contributed by atoms with Gasteiger partial charge in [-0.3, -0.25) is 0 Å². The molecule has 0 aliphatic carbocycles. The van der Waals surface area contributed by atoms with Gasteiger partial charge in [0.1, 0.15) is 6.04 Å². The zero-order valence-corrected chi connectivity index (χ0v) is 26.9. The van der Waals surface area contributed by atoms with E-state index in [1.165, 1.54) is 84.1 Å². The number of benzene rings is 6. The molecule has 0 unspecified atom stereocenters. The molecule has 3 saturated heterocycles. The SMILES string of the molecule is c1ccc(N(c2ccccc2)c2ccc(C(c3ccc(N(c4ccccc4)c4ccccc4)cc3)[N+]34CCC(CC3)CC4)cc2)cc1. The Balaban J connectivity index is 1.18.